The number of nitrogens with zero attached hydrogens (tertiary/aromatic N) is 1. The molecule has 0 radical (unpaired) electrons. The van der Waals surface area contributed by atoms with Gasteiger partial charge in [0.1, 0.15) is 4.90 Å². The minimum Gasteiger partial charge on any atom is -0.316 e. The first-order valence-electron chi connectivity index (χ1n) is 6.49. The molecule has 2 aliphatic rings. The monoisotopic (exact) mass is 300 g/mol. The number of hydrogen-bond acceptors (Lipinski definition) is 3. The molecule has 6 heteroatoms. The minimum atomic E-state index is -3.46. The summed E-state index contributed by atoms with van der Waals surface area (Å²) in [5.74, 6) is 0. The summed E-state index contributed by atoms with van der Waals surface area (Å²) in [6.07, 6.45) is 1.99. The van der Waals surface area contributed by atoms with Gasteiger partial charge in [-0.1, -0.05) is 23.7 Å². The fourth-order valence-corrected chi connectivity index (χ4v) is 5.08. The lowest BCUT2D eigenvalue weighted by Gasteiger charge is -2.22. The van der Waals surface area contributed by atoms with Gasteiger partial charge in [0.05, 0.1) is 5.02 Å². The van der Waals surface area contributed by atoms with Crippen LogP contribution in [-0.2, 0) is 10.0 Å². The third kappa shape index (κ3) is 2.29. The average Bonchev–Trinajstić information content (AvgIpc) is 3.01. The van der Waals surface area contributed by atoms with Gasteiger partial charge in [-0.15, -0.1) is 0 Å². The third-order valence-corrected chi connectivity index (χ3v) is 6.53. The summed E-state index contributed by atoms with van der Waals surface area (Å²) in [7, 11) is -3.46. The molecule has 1 N–H and O–H groups in total. The van der Waals surface area contributed by atoms with Crippen LogP contribution in [0.15, 0.2) is 29.2 Å². The molecule has 0 bridgehead atoms. The summed E-state index contributed by atoms with van der Waals surface area (Å²) in [5, 5.41) is 3.63. The molecule has 1 unspecified atom stereocenters. The Balaban J connectivity index is 1.88. The Morgan fingerprint density at radius 1 is 1.26 bits per heavy atom. The first-order valence-corrected chi connectivity index (χ1v) is 8.31. The molecular weight excluding hydrogens is 284 g/mol. The largest absolute Gasteiger partial charge is 0.316 e. The van der Waals surface area contributed by atoms with Crippen molar-refractivity contribution in [2.45, 2.75) is 17.7 Å². The first-order chi connectivity index (χ1) is 9.04. The predicted octanol–water partition coefficient (Wildman–Crippen LogP) is 1.71. The molecule has 0 saturated carbocycles. The average molecular weight is 301 g/mol. The smallest absolute Gasteiger partial charge is 0.244 e. The van der Waals surface area contributed by atoms with Crippen LogP contribution >= 0.6 is 11.6 Å². The zero-order valence-electron chi connectivity index (χ0n) is 10.6. The SMILES string of the molecule is O=S(=O)(c1ccccc1Cl)N1CCC2(CCNC2)C1. The Labute approximate surface area is 118 Å². The van der Waals surface area contributed by atoms with E-state index < -0.39 is 10.0 Å². The van der Waals surface area contributed by atoms with Crippen molar-refractivity contribution < 1.29 is 8.42 Å². The summed E-state index contributed by atoms with van der Waals surface area (Å²) < 4.78 is 26.8. The van der Waals surface area contributed by atoms with Gasteiger partial charge in [-0.3, -0.25) is 0 Å². The summed E-state index contributed by atoms with van der Waals surface area (Å²) in [4.78, 5) is 0.222. The lowest BCUT2D eigenvalue weighted by molar-refractivity contribution is 0.338. The zero-order valence-corrected chi connectivity index (χ0v) is 12.2. The highest BCUT2D eigenvalue weighted by Gasteiger charge is 2.44. The Morgan fingerprint density at radius 2 is 2.05 bits per heavy atom. The molecule has 4 nitrogen and oxygen atoms in total. The normalized spacial score (nSPS) is 28.3. The van der Waals surface area contributed by atoms with E-state index in [2.05, 4.69) is 5.32 Å². The van der Waals surface area contributed by atoms with E-state index in [1.165, 1.54) is 0 Å². The van der Waals surface area contributed by atoms with Gasteiger partial charge in [0, 0.05) is 19.6 Å². The van der Waals surface area contributed by atoms with Crippen molar-refractivity contribution in [1.82, 2.24) is 9.62 Å². The zero-order chi connectivity index (χ0) is 13.5. The fraction of sp³-hybridized carbons (Fsp3) is 0.538. The van der Waals surface area contributed by atoms with Gasteiger partial charge in [0.25, 0.3) is 0 Å². The Hall–Kier alpha value is -0.620. The molecule has 0 aromatic heterocycles. The van der Waals surface area contributed by atoms with Crippen LogP contribution in [0.25, 0.3) is 0 Å². The van der Waals surface area contributed by atoms with E-state index in [9.17, 15) is 8.42 Å². The van der Waals surface area contributed by atoms with Crippen molar-refractivity contribution in [3.05, 3.63) is 29.3 Å². The van der Waals surface area contributed by atoms with Crippen molar-refractivity contribution in [1.29, 1.82) is 0 Å². The van der Waals surface area contributed by atoms with Gasteiger partial charge in [-0.2, -0.15) is 4.31 Å². The van der Waals surface area contributed by atoms with E-state index in [1.54, 1.807) is 28.6 Å². The van der Waals surface area contributed by atoms with E-state index in [1.807, 2.05) is 0 Å². The van der Waals surface area contributed by atoms with Gasteiger partial charge in [-0.25, -0.2) is 8.42 Å². The maximum Gasteiger partial charge on any atom is 0.244 e. The topological polar surface area (TPSA) is 49.4 Å². The number of halogens is 1. The lowest BCUT2D eigenvalue weighted by atomic mass is 9.87. The van der Waals surface area contributed by atoms with Gasteiger partial charge < -0.3 is 5.32 Å². The standard InChI is InChI=1S/C13H17ClN2O2S/c14-11-3-1-2-4-12(11)19(17,18)16-8-6-13(10-16)5-7-15-9-13/h1-4,15H,5-10H2. The van der Waals surface area contributed by atoms with E-state index in [0.717, 1.165) is 25.9 Å². The van der Waals surface area contributed by atoms with E-state index in [4.69, 9.17) is 11.6 Å². The molecule has 0 aliphatic carbocycles. The molecular formula is C13H17ClN2O2S. The van der Waals surface area contributed by atoms with Crippen LogP contribution in [0.4, 0.5) is 0 Å². The van der Waals surface area contributed by atoms with Gasteiger partial charge >= 0.3 is 0 Å². The maximum absolute atomic E-state index is 12.6. The summed E-state index contributed by atoms with van der Waals surface area (Å²) in [6.45, 7) is 3.10. The lowest BCUT2D eigenvalue weighted by Crippen LogP contribution is -2.33. The van der Waals surface area contributed by atoms with Crippen LogP contribution < -0.4 is 5.32 Å². The number of nitrogens with one attached hydrogen (secondary N) is 1. The van der Waals surface area contributed by atoms with Crippen molar-refractivity contribution >= 4 is 21.6 Å². The first kappa shape index (κ1) is 13.4. The van der Waals surface area contributed by atoms with E-state index in [-0.39, 0.29) is 10.3 Å². The van der Waals surface area contributed by atoms with Crippen LogP contribution in [0.3, 0.4) is 0 Å². The Kier molecular flexibility index (Phi) is 3.33. The molecule has 1 spiro atoms. The Bertz CT molecular complexity index is 582. The highest BCUT2D eigenvalue weighted by molar-refractivity contribution is 7.89. The Morgan fingerprint density at radius 3 is 2.74 bits per heavy atom. The number of hydrogen-bond donors (Lipinski definition) is 1. The highest BCUT2D eigenvalue weighted by atomic mass is 35.5. The number of rotatable bonds is 2. The van der Waals surface area contributed by atoms with Crippen LogP contribution in [-0.4, -0.2) is 38.9 Å². The van der Waals surface area contributed by atoms with Crippen LogP contribution in [0.5, 0.6) is 0 Å². The molecule has 0 amide bonds. The molecule has 19 heavy (non-hydrogen) atoms. The molecule has 1 atom stereocenters. The van der Waals surface area contributed by atoms with Crippen LogP contribution in [0.1, 0.15) is 12.8 Å². The molecule has 2 fully saturated rings. The second-order valence-corrected chi connectivity index (χ2v) is 7.76. The maximum atomic E-state index is 12.6. The summed E-state index contributed by atoms with van der Waals surface area (Å²) in [6, 6.07) is 6.66. The predicted molar refractivity (Wildman–Crippen MR) is 74.7 cm³/mol. The second-order valence-electron chi connectivity index (χ2n) is 5.45. The summed E-state index contributed by atoms with van der Waals surface area (Å²) >= 11 is 6.02. The van der Waals surface area contributed by atoms with Crippen LogP contribution in [0.2, 0.25) is 5.02 Å². The van der Waals surface area contributed by atoms with Crippen molar-refractivity contribution in [2.24, 2.45) is 5.41 Å². The molecule has 2 heterocycles. The fourth-order valence-electron chi connectivity index (χ4n) is 3.04. The minimum absolute atomic E-state index is 0.133. The summed E-state index contributed by atoms with van der Waals surface area (Å²) in [5.41, 5.74) is 0.133. The van der Waals surface area contributed by atoms with Crippen molar-refractivity contribution in [3.63, 3.8) is 0 Å². The molecule has 2 aliphatic heterocycles. The molecule has 1 aromatic rings. The quantitative estimate of drug-likeness (QED) is 0.905. The van der Waals surface area contributed by atoms with Crippen molar-refractivity contribution in [2.75, 3.05) is 26.2 Å². The van der Waals surface area contributed by atoms with Gasteiger partial charge in [-0.05, 0) is 36.9 Å². The van der Waals surface area contributed by atoms with E-state index in [0.29, 0.717) is 18.1 Å². The second kappa shape index (κ2) is 4.74. The molecule has 104 valence electrons. The molecule has 2 saturated heterocycles. The molecule has 1 aromatic carbocycles. The molecule has 3 rings (SSSR count). The third-order valence-electron chi connectivity index (χ3n) is 4.19. The van der Waals surface area contributed by atoms with Gasteiger partial charge in [0.15, 0.2) is 0 Å². The van der Waals surface area contributed by atoms with Crippen molar-refractivity contribution in [3.8, 4) is 0 Å². The highest BCUT2D eigenvalue weighted by Crippen LogP contribution is 2.39. The van der Waals surface area contributed by atoms with Crippen LogP contribution in [0, 0.1) is 5.41 Å². The number of sulfonamides is 1. The van der Waals surface area contributed by atoms with E-state index >= 15 is 0 Å². The van der Waals surface area contributed by atoms with Gasteiger partial charge in [0.2, 0.25) is 10.0 Å². The number of benzene rings is 1.